The maximum absolute atomic E-state index is 12.0. The summed E-state index contributed by atoms with van der Waals surface area (Å²) < 4.78 is 0. The fourth-order valence-corrected chi connectivity index (χ4v) is 2.25. The minimum absolute atomic E-state index is 0.171. The summed E-state index contributed by atoms with van der Waals surface area (Å²) in [7, 11) is 0. The average molecular weight is 244 g/mol. The van der Waals surface area contributed by atoms with E-state index in [2.05, 4.69) is 5.32 Å². The fourth-order valence-electron chi connectivity index (χ4n) is 2.25. The van der Waals surface area contributed by atoms with Crippen molar-refractivity contribution in [1.29, 1.82) is 0 Å². The zero-order valence-corrected chi connectivity index (χ0v) is 10.0. The van der Waals surface area contributed by atoms with Crippen LogP contribution >= 0.6 is 0 Å². The van der Waals surface area contributed by atoms with Gasteiger partial charge in [0.1, 0.15) is 6.17 Å². The summed E-state index contributed by atoms with van der Waals surface area (Å²) in [4.78, 5) is 13.8. The number of benzene rings is 1. The number of hydrogen-bond acceptors (Lipinski definition) is 3. The SMILES string of the molecule is O=C1C(O)=CNC(c2ccccc2)N1CC1CC1. The molecule has 2 N–H and O–H groups in total. The van der Waals surface area contributed by atoms with Gasteiger partial charge in [0.25, 0.3) is 5.91 Å². The molecular formula is C14H16N2O2. The Labute approximate surface area is 106 Å². The van der Waals surface area contributed by atoms with Gasteiger partial charge in [0.05, 0.1) is 0 Å². The highest BCUT2D eigenvalue weighted by molar-refractivity contribution is 5.92. The largest absolute Gasteiger partial charge is 0.502 e. The second-order valence-electron chi connectivity index (χ2n) is 4.91. The number of aliphatic hydroxyl groups is 1. The first-order valence-electron chi connectivity index (χ1n) is 6.27. The van der Waals surface area contributed by atoms with Gasteiger partial charge in [0, 0.05) is 12.7 Å². The molecule has 1 aliphatic carbocycles. The van der Waals surface area contributed by atoms with Crippen molar-refractivity contribution in [2.45, 2.75) is 19.0 Å². The highest BCUT2D eigenvalue weighted by Crippen LogP contribution is 2.33. The van der Waals surface area contributed by atoms with Crippen LogP contribution in [-0.2, 0) is 4.79 Å². The van der Waals surface area contributed by atoms with E-state index in [1.807, 2.05) is 30.3 Å². The zero-order chi connectivity index (χ0) is 12.5. The summed E-state index contributed by atoms with van der Waals surface area (Å²) in [6.45, 7) is 0.712. The van der Waals surface area contributed by atoms with Crippen LogP contribution in [0.4, 0.5) is 0 Å². The monoisotopic (exact) mass is 244 g/mol. The van der Waals surface area contributed by atoms with E-state index < -0.39 is 0 Å². The van der Waals surface area contributed by atoms with Crippen molar-refractivity contribution < 1.29 is 9.90 Å². The number of carbonyl (C=O) groups is 1. The van der Waals surface area contributed by atoms with Crippen LogP contribution < -0.4 is 5.32 Å². The molecule has 1 aromatic carbocycles. The molecule has 4 nitrogen and oxygen atoms in total. The molecule has 1 heterocycles. The summed E-state index contributed by atoms with van der Waals surface area (Å²) in [5.41, 5.74) is 1.04. The molecule has 0 saturated heterocycles. The van der Waals surface area contributed by atoms with Gasteiger partial charge in [-0.15, -0.1) is 0 Å². The summed E-state index contributed by atoms with van der Waals surface area (Å²) in [5, 5.41) is 12.6. The van der Waals surface area contributed by atoms with Gasteiger partial charge in [0.2, 0.25) is 0 Å². The molecule has 0 spiro atoms. The van der Waals surface area contributed by atoms with Gasteiger partial charge in [0.15, 0.2) is 5.76 Å². The Morgan fingerprint density at radius 2 is 2.00 bits per heavy atom. The smallest absolute Gasteiger partial charge is 0.292 e. The maximum Gasteiger partial charge on any atom is 0.292 e. The Bertz CT molecular complexity index is 480. The van der Waals surface area contributed by atoms with Gasteiger partial charge in [-0.05, 0) is 24.3 Å². The molecule has 3 rings (SSSR count). The quantitative estimate of drug-likeness (QED) is 0.854. The molecule has 0 radical (unpaired) electrons. The minimum Gasteiger partial charge on any atom is -0.502 e. The van der Waals surface area contributed by atoms with Crippen molar-refractivity contribution in [2.24, 2.45) is 5.92 Å². The molecule has 0 aromatic heterocycles. The van der Waals surface area contributed by atoms with Crippen LogP contribution in [0.5, 0.6) is 0 Å². The van der Waals surface area contributed by atoms with Crippen LogP contribution in [-0.4, -0.2) is 22.5 Å². The number of hydrogen-bond donors (Lipinski definition) is 2. The van der Waals surface area contributed by atoms with E-state index in [1.54, 1.807) is 4.90 Å². The molecule has 2 aliphatic rings. The predicted molar refractivity (Wildman–Crippen MR) is 67.5 cm³/mol. The Morgan fingerprint density at radius 3 is 2.67 bits per heavy atom. The van der Waals surface area contributed by atoms with Gasteiger partial charge in [-0.3, -0.25) is 4.79 Å². The maximum atomic E-state index is 12.0. The van der Waals surface area contributed by atoms with E-state index in [0.717, 1.165) is 5.56 Å². The lowest BCUT2D eigenvalue weighted by atomic mass is 10.1. The summed E-state index contributed by atoms with van der Waals surface area (Å²) in [5.74, 6) is 0.102. The van der Waals surface area contributed by atoms with Crippen molar-refractivity contribution >= 4 is 5.91 Å². The highest BCUT2D eigenvalue weighted by atomic mass is 16.3. The molecule has 94 valence electrons. The first-order chi connectivity index (χ1) is 8.75. The lowest BCUT2D eigenvalue weighted by Crippen LogP contribution is -2.46. The molecular weight excluding hydrogens is 228 g/mol. The molecule has 1 aliphatic heterocycles. The van der Waals surface area contributed by atoms with Gasteiger partial charge < -0.3 is 15.3 Å². The number of nitrogens with zero attached hydrogens (tertiary/aromatic N) is 1. The van der Waals surface area contributed by atoms with E-state index in [-0.39, 0.29) is 17.8 Å². The van der Waals surface area contributed by atoms with E-state index >= 15 is 0 Å². The standard InChI is InChI=1S/C14H16N2O2/c17-12-8-15-13(11-4-2-1-3-5-11)16(14(12)18)9-10-6-7-10/h1-5,8,10,13,15,17H,6-7,9H2. The Kier molecular flexibility index (Phi) is 2.70. The van der Waals surface area contributed by atoms with Crippen molar-refractivity contribution in [2.75, 3.05) is 6.54 Å². The third-order valence-corrected chi connectivity index (χ3v) is 3.44. The van der Waals surface area contributed by atoms with Gasteiger partial charge in [-0.1, -0.05) is 30.3 Å². The summed E-state index contributed by atoms with van der Waals surface area (Å²) in [6.07, 6.45) is 3.57. The zero-order valence-electron chi connectivity index (χ0n) is 10.0. The lowest BCUT2D eigenvalue weighted by molar-refractivity contribution is -0.134. The molecule has 0 bridgehead atoms. The van der Waals surface area contributed by atoms with Crippen LogP contribution in [0.25, 0.3) is 0 Å². The first-order valence-corrected chi connectivity index (χ1v) is 6.27. The number of rotatable bonds is 3. The summed E-state index contributed by atoms with van der Waals surface area (Å²) in [6, 6.07) is 9.83. The van der Waals surface area contributed by atoms with Crippen molar-refractivity contribution in [1.82, 2.24) is 10.2 Å². The van der Waals surface area contributed by atoms with Crippen molar-refractivity contribution in [3.05, 3.63) is 47.9 Å². The van der Waals surface area contributed by atoms with Gasteiger partial charge >= 0.3 is 0 Å². The molecule has 4 heteroatoms. The Morgan fingerprint density at radius 1 is 1.28 bits per heavy atom. The van der Waals surface area contributed by atoms with Crippen LogP contribution in [0, 0.1) is 5.92 Å². The van der Waals surface area contributed by atoms with E-state index in [4.69, 9.17) is 0 Å². The topological polar surface area (TPSA) is 52.6 Å². The highest BCUT2D eigenvalue weighted by Gasteiger charge is 2.35. The fraction of sp³-hybridized carbons (Fsp3) is 0.357. The number of nitrogens with one attached hydrogen (secondary N) is 1. The number of aliphatic hydroxyl groups excluding tert-OH is 1. The van der Waals surface area contributed by atoms with Crippen LogP contribution in [0.2, 0.25) is 0 Å². The lowest BCUT2D eigenvalue weighted by Gasteiger charge is -2.35. The minimum atomic E-state index is -0.283. The molecule has 1 saturated carbocycles. The molecule has 1 amide bonds. The molecule has 18 heavy (non-hydrogen) atoms. The van der Waals surface area contributed by atoms with Crippen LogP contribution in [0.15, 0.2) is 42.3 Å². The predicted octanol–water partition coefficient (Wildman–Crippen LogP) is 1.93. The Balaban J connectivity index is 1.88. The van der Waals surface area contributed by atoms with E-state index in [9.17, 15) is 9.90 Å². The normalized spacial score (nSPS) is 23.6. The van der Waals surface area contributed by atoms with Crippen molar-refractivity contribution in [3.63, 3.8) is 0 Å². The molecule has 1 aromatic rings. The van der Waals surface area contributed by atoms with Crippen LogP contribution in [0.1, 0.15) is 24.6 Å². The average Bonchev–Trinajstić information content (AvgIpc) is 3.20. The second kappa shape index (κ2) is 4.37. The molecule has 1 atom stereocenters. The third-order valence-electron chi connectivity index (χ3n) is 3.44. The first kappa shape index (κ1) is 11.1. The van der Waals surface area contributed by atoms with E-state index in [0.29, 0.717) is 12.5 Å². The Hall–Kier alpha value is -1.97. The number of amides is 1. The van der Waals surface area contributed by atoms with Crippen LogP contribution in [0.3, 0.4) is 0 Å². The summed E-state index contributed by atoms with van der Waals surface area (Å²) >= 11 is 0. The molecule has 1 fully saturated rings. The molecule has 1 unspecified atom stereocenters. The van der Waals surface area contributed by atoms with Gasteiger partial charge in [-0.25, -0.2) is 0 Å². The second-order valence-corrected chi connectivity index (χ2v) is 4.91. The van der Waals surface area contributed by atoms with E-state index in [1.165, 1.54) is 19.0 Å². The number of carbonyl (C=O) groups excluding carboxylic acids is 1. The van der Waals surface area contributed by atoms with Crippen molar-refractivity contribution in [3.8, 4) is 0 Å². The van der Waals surface area contributed by atoms with Gasteiger partial charge in [-0.2, -0.15) is 0 Å². The third kappa shape index (κ3) is 2.06.